The molecule has 0 bridgehead atoms. The fourth-order valence-corrected chi connectivity index (χ4v) is 4.04. The van der Waals surface area contributed by atoms with Crippen molar-refractivity contribution in [2.24, 2.45) is 17.3 Å². The van der Waals surface area contributed by atoms with Gasteiger partial charge >= 0.3 is 12.1 Å². The van der Waals surface area contributed by atoms with Crippen molar-refractivity contribution >= 4 is 12.1 Å². The van der Waals surface area contributed by atoms with Crippen LogP contribution in [0.2, 0.25) is 0 Å². The molecule has 5 nitrogen and oxygen atoms in total. The Balaban J connectivity index is 2.85. The Morgan fingerprint density at radius 3 is 1.94 bits per heavy atom. The number of esters is 1. The molecule has 0 saturated heterocycles. The van der Waals surface area contributed by atoms with Crippen molar-refractivity contribution < 1.29 is 23.8 Å². The second kappa shape index (κ2) is 14.1. The van der Waals surface area contributed by atoms with Crippen LogP contribution in [0.1, 0.15) is 89.6 Å². The Morgan fingerprint density at radius 1 is 0.839 bits per heavy atom. The summed E-state index contributed by atoms with van der Waals surface area (Å²) in [6, 6.07) is 7.60. The van der Waals surface area contributed by atoms with Crippen LogP contribution in [-0.4, -0.2) is 31.9 Å². The zero-order valence-electron chi connectivity index (χ0n) is 20.4. The molecule has 1 aromatic rings. The highest BCUT2D eigenvalue weighted by molar-refractivity contribution is 5.89. The summed E-state index contributed by atoms with van der Waals surface area (Å²) >= 11 is 0. The molecule has 0 fully saturated rings. The predicted octanol–water partition coefficient (Wildman–Crippen LogP) is 6.83. The molecule has 1 aromatic carbocycles. The number of hydrogen-bond donors (Lipinski definition) is 0. The number of benzene rings is 1. The number of aryl methyl sites for hydroxylation is 1. The summed E-state index contributed by atoms with van der Waals surface area (Å²) in [4.78, 5) is 24.7. The lowest BCUT2D eigenvalue weighted by atomic mass is 9.75. The van der Waals surface area contributed by atoms with Crippen molar-refractivity contribution in [3.8, 4) is 0 Å². The van der Waals surface area contributed by atoms with Crippen molar-refractivity contribution in [2.45, 2.75) is 80.1 Å². The number of hydrogen-bond acceptors (Lipinski definition) is 5. The molecule has 0 atom stereocenters. The molecule has 176 valence electrons. The van der Waals surface area contributed by atoms with Crippen molar-refractivity contribution in [3.05, 3.63) is 35.4 Å². The molecule has 0 aromatic heterocycles. The van der Waals surface area contributed by atoms with E-state index >= 15 is 0 Å². The van der Waals surface area contributed by atoms with Crippen molar-refractivity contribution in [1.29, 1.82) is 0 Å². The Morgan fingerprint density at radius 2 is 1.42 bits per heavy atom. The summed E-state index contributed by atoms with van der Waals surface area (Å²) < 4.78 is 16.4. The van der Waals surface area contributed by atoms with Crippen molar-refractivity contribution in [1.82, 2.24) is 0 Å². The Hall–Kier alpha value is -2.04. The van der Waals surface area contributed by atoms with Gasteiger partial charge in [-0.1, -0.05) is 66.5 Å². The minimum absolute atomic E-state index is 0.178. The molecule has 0 aliphatic rings. The van der Waals surface area contributed by atoms with Crippen LogP contribution in [0.4, 0.5) is 4.79 Å². The maximum absolute atomic E-state index is 12.7. The average molecular weight is 435 g/mol. The van der Waals surface area contributed by atoms with E-state index in [0.29, 0.717) is 24.0 Å². The van der Waals surface area contributed by atoms with Gasteiger partial charge in [0.1, 0.15) is 13.2 Å². The summed E-state index contributed by atoms with van der Waals surface area (Å²) in [7, 11) is 0. The Labute approximate surface area is 188 Å². The molecule has 0 N–H and O–H groups in total. The van der Waals surface area contributed by atoms with Crippen LogP contribution in [0.15, 0.2) is 24.3 Å². The van der Waals surface area contributed by atoms with Crippen LogP contribution in [0.3, 0.4) is 0 Å². The Kier molecular flexibility index (Phi) is 12.3. The van der Waals surface area contributed by atoms with Gasteiger partial charge in [0.2, 0.25) is 0 Å². The molecule has 0 heterocycles. The average Bonchev–Trinajstić information content (AvgIpc) is 2.70. The molecular formula is C26H42O5. The number of carbonyl (C=O) groups excluding carboxylic acids is 2. The van der Waals surface area contributed by atoms with Crippen LogP contribution < -0.4 is 0 Å². The minimum atomic E-state index is -0.650. The van der Waals surface area contributed by atoms with Gasteiger partial charge in [-0.15, -0.1) is 0 Å². The summed E-state index contributed by atoms with van der Waals surface area (Å²) in [5.74, 6) is 0.390. The first kappa shape index (κ1) is 27.0. The molecule has 0 unspecified atom stereocenters. The van der Waals surface area contributed by atoms with E-state index in [1.807, 2.05) is 31.2 Å². The monoisotopic (exact) mass is 434 g/mol. The molecule has 1 rings (SSSR count). The van der Waals surface area contributed by atoms with Crippen LogP contribution in [0.5, 0.6) is 0 Å². The summed E-state index contributed by atoms with van der Waals surface area (Å²) in [5, 5.41) is 0. The van der Waals surface area contributed by atoms with E-state index in [0.717, 1.165) is 38.5 Å². The van der Waals surface area contributed by atoms with Gasteiger partial charge in [0.05, 0.1) is 12.2 Å². The smallest absolute Gasteiger partial charge is 0.461 e. The van der Waals surface area contributed by atoms with Gasteiger partial charge in [-0.05, 0) is 55.2 Å². The quantitative estimate of drug-likeness (QED) is 0.237. The largest absolute Gasteiger partial charge is 0.508 e. The first-order valence-electron chi connectivity index (χ1n) is 11.8. The van der Waals surface area contributed by atoms with E-state index in [-0.39, 0.29) is 19.2 Å². The lowest BCUT2D eigenvalue weighted by Gasteiger charge is -2.35. The van der Waals surface area contributed by atoms with Crippen LogP contribution >= 0.6 is 0 Å². The van der Waals surface area contributed by atoms with Crippen LogP contribution in [-0.2, 0) is 20.6 Å². The zero-order valence-corrected chi connectivity index (χ0v) is 20.4. The summed E-state index contributed by atoms with van der Waals surface area (Å²) in [6.45, 7) is 13.4. The molecule has 5 heteroatoms. The number of carbonyl (C=O) groups is 2. The lowest BCUT2D eigenvalue weighted by molar-refractivity contribution is -0.0296. The molecule has 0 spiro atoms. The van der Waals surface area contributed by atoms with E-state index in [2.05, 4.69) is 34.6 Å². The van der Waals surface area contributed by atoms with Gasteiger partial charge in [-0.3, -0.25) is 0 Å². The third-order valence-electron chi connectivity index (χ3n) is 5.13. The number of unbranched alkanes of at least 4 members (excludes halogenated alkanes) is 1. The van der Waals surface area contributed by atoms with E-state index in [4.69, 9.17) is 14.2 Å². The van der Waals surface area contributed by atoms with E-state index < -0.39 is 11.6 Å². The maximum atomic E-state index is 12.7. The van der Waals surface area contributed by atoms with E-state index in [9.17, 15) is 9.59 Å². The molecule has 31 heavy (non-hydrogen) atoms. The van der Waals surface area contributed by atoms with Gasteiger partial charge in [0.15, 0.2) is 0 Å². The van der Waals surface area contributed by atoms with E-state index in [1.54, 1.807) is 0 Å². The van der Waals surface area contributed by atoms with Crippen LogP contribution in [0.25, 0.3) is 0 Å². The van der Waals surface area contributed by atoms with Gasteiger partial charge in [-0.25, -0.2) is 9.59 Å². The SMILES string of the molecule is CCCCOC(=O)OCC(COC(=O)c1ccc(CCC)cc1)(CC(C)C)CC(C)C. The molecule has 0 saturated carbocycles. The van der Waals surface area contributed by atoms with Crippen molar-refractivity contribution in [2.75, 3.05) is 19.8 Å². The predicted molar refractivity (Wildman–Crippen MR) is 124 cm³/mol. The topological polar surface area (TPSA) is 61.8 Å². The minimum Gasteiger partial charge on any atom is -0.461 e. The van der Waals surface area contributed by atoms with E-state index in [1.165, 1.54) is 5.56 Å². The highest BCUT2D eigenvalue weighted by Crippen LogP contribution is 2.35. The third kappa shape index (κ3) is 10.7. The van der Waals surface area contributed by atoms with Crippen molar-refractivity contribution in [3.63, 3.8) is 0 Å². The Bertz CT molecular complexity index is 638. The standard InChI is InChI=1S/C26H42O5/c1-7-9-15-29-25(28)31-19-26(16-20(3)4,17-21(5)6)18-30-24(27)23-13-11-22(10-8-2)12-14-23/h11-14,20-21H,7-10,15-19H2,1-6H3. The number of rotatable bonds is 14. The van der Waals surface area contributed by atoms with Gasteiger partial charge in [-0.2, -0.15) is 0 Å². The highest BCUT2D eigenvalue weighted by Gasteiger charge is 2.36. The summed E-state index contributed by atoms with van der Waals surface area (Å²) in [6.07, 6.45) is 4.75. The molecule has 0 aliphatic carbocycles. The first-order chi connectivity index (χ1) is 14.7. The molecular weight excluding hydrogens is 392 g/mol. The number of ether oxygens (including phenoxy) is 3. The zero-order chi connectivity index (χ0) is 23.3. The van der Waals surface area contributed by atoms with Gasteiger partial charge < -0.3 is 14.2 Å². The molecule has 0 amide bonds. The third-order valence-corrected chi connectivity index (χ3v) is 5.13. The maximum Gasteiger partial charge on any atom is 0.508 e. The second-order valence-electron chi connectivity index (χ2n) is 9.46. The fourth-order valence-electron chi connectivity index (χ4n) is 4.04. The molecule has 0 radical (unpaired) electrons. The fraction of sp³-hybridized carbons (Fsp3) is 0.692. The first-order valence-corrected chi connectivity index (χ1v) is 11.8. The normalized spacial score (nSPS) is 11.6. The van der Waals surface area contributed by atoms with Gasteiger partial charge in [0.25, 0.3) is 0 Å². The van der Waals surface area contributed by atoms with Crippen LogP contribution in [0, 0.1) is 17.3 Å². The second-order valence-corrected chi connectivity index (χ2v) is 9.46. The highest BCUT2D eigenvalue weighted by atomic mass is 16.7. The van der Waals surface area contributed by atoms with Gasteiger partial charge in [0, 0.05) is 5.41 Å². The lowest BCUT2D eigenvalue weighted by Crippen LogP contribution is -2.37. The molecule has 0 aliphatic heterocycles. The summed E-state index contributed by atoms with van der Waals surface area (Å²) in [5.41, 5.74) is 1.31.